The molecule has 1 unspecified atom stereocenters. The van der Waals surface area contributed by atoms with Gasteiger partial charge in [0, 0.05) is 40.3 Å². The number of aliphatic hydroxyl groups excluding tert-OH is 1. The van der Waals surface area contributed by atoms with E-state index in [4.69, 9.17) is 28.3 Å². The summed E-state index contributed by atoms with van der Waals surface area (Å²) in [5.41, 5.74) is 2.05. The number of amides is 1. The molecule has 3 N–H and O–H groups in total. The van der Waals surface area contributed by atoms with Gasteiger partial charge in [-0.2, -0.15) is 13.2 Å². The van der Waals surface area contributed by atoms with Gasteiger partial charge in [0.1, 0.15) is 0 Å². The van der Waals surface area contributed by atoms with Crippen molar-refractivity contribution >= 4 is 44.8 Å². The van der Waals surface area contributed by atoms with Crippen LogP contribution in [0.15, 0.2) is 72.8 Å². The predicted molar refractivity (Wildman–Crippen MR) is 148 cm³/mol. The lowest BCUT2D eigenvalue weighted by atomic mass is 9.91. The number of hydrogen-bond acceptors (Lipinski definition) is 5. The lowest BCUT2D eigenvalue weighted by Gasteiger charge is -2.44. The highest BCUT2D eigenvalue weighted by Gasteiger charge is 2.38. The fourth-order valence-electron chi connectivity index (χ4n) is 4.49. The van der Waals surface area contributed by atoms with Crippen LogP contribution in [-0.2, 0) is 10.0 Å². The van der Waals surface area contributed by atoms with Gasteiger partial charge >= 0.3 is 6.18 Å². The zero-order valence-electron chi connectivity index (χ0n) is 20.9. The van der Waals surface area contributed by atoms with Gasteiger partial charge in [-0.05, 0) is 53.6 Å². The maximum Gasteiger partial charge on any atom is 0.416 e. The summed E-state index contributed by atoms with van der Waals surface area (Å²) in [5, 5.41) is 12.3. The minimum Gasteiger partial charge on any atom is -0.382 e. The number of benzene rings is 3. The smallest absolute Gasteiger partial charge is 0.382 e. The first-order chi connectivity index (χ1) is 18.8. The summed E-state index contributed by atoms with van der Waals surface area (Å²) in [6.07, 6.45) is -7.58. The van der Waals surface area contributed by atoms with Gasteiger partial charge < -0.3 is 10.4 Å². The van der Waals surface area contributed by atoms with Gasteiger partial charge in [0.2, 0.25) is 10.0 Å². The van der Waals surface area contributed by atoms with Crippen molar-refractivity contribution in [3.63, 3.8) is 0 Å². The number of nitrogens with zero attached hydrogens (tertiary/aromatic N) is 1. The summed E-state index contributed by atoms with van der Waals surface area (Å²) in [6.45, 7) is 0.00508. The molecular weight excluding hydrogens is 590 g/mol. The molecule has 1 aliphatic rings. The standard InChI is InChI=1S/C27H26Cl2F3N3O4S/c28-21-8-4-18(5-9-21)25(19-6-10-22(29)11-7-19)35-14-17(15-35)16-40(38,39)34-23-3-1-2-20(12-23)26(37)33-13-24(36)27(30,31)32/h1-12,17,24-25,34,36H,13-16H2,(H,33,37). The van der Waals surface area contributed by atoms with E-state index < -0.39 is 34.8 Å². The van der Waals surface area contributed by atoms with Crippen LogP contribution in [0.1, 0.15) is 27.5 Å². The molecule has 1 heterocycles. The number of likely N-dealkylation sites (tertiary alicyclic amines) is 1. The minimum atomic E-state index is -4.87. The highest BCUT2D eigenvalue weighted by Crippen LogP contribution is 2.36. The number of anilines is 1. The number of rotatable bonds is 10. The lowest BCUT2D eigenvalue weighted by Crippen LogP contribution is -2.51. The van der Waals surface area contributed by atoms with Crippen molar-refractivity contribution in [2.75, 3.05) is 30.1 Å². The van der Waals surface area contributed by atoms with Crippen molar-refractivity contribution in [3.8, 4) is 0 Å². The van der Waals surface area contributed by atoms with Gasteiger partial charge in [0.05, 0.1) is 18.3 Å². The molecule has 1 atom stereocenters. The largest absolute Gasteiger partial charge is 0.416 e. The fraction of sp³-hybridized carbons (Fsp3) is 0.296. The summed E-state index contributed by atoms with van der Waals surface area (Å²) in [6, 6.07) is 20.2. The third kappa shape index (κ3) is 7.88. The fourth-order valence-corrected chi connectivity index (χ4v) is 6.15. The Labute approximate surface area is 240 Å². The molecule has 1 saturated heterocycles. The summed E-state index contributed by atoms with van der Waals surface area (Å²) in [7, 11) is -3.80. The second-order valence-electron chi connectivity index (χ2n) is 9.56. The second kappa shape index (κ2) is 12.4. The topological polar surface area (TPSA) is 98.7 Å². The Hall–Kier alpha value is -2.83. The van der Waals surface area contributed by atoms with E-state index in [0.29, 0.717) is 23.1 Å². The third-order valence-electron chi connectivity index (χ3n) is 6.41. The van der Waals surface area contributed by atoms with Crippen molar-refractivity contribution in [1.82, 2.24) is 10.2 Å². The summed E-state index contributed by atoms with van der Waals surface area (Å²) in [5.74, 6) is -1.20. The molecule has 0 bridgehead atoms. The molecule has 40 heavy (non-hydrogen) atoms. The average Bonchev–Trinajstić information content (AvgIpc) is 2.87. The van der Waals surface area contributed by atoms with E-state index >= 15 is 0 Å². The molecule has 0 radical (unpaired) electrons. The van der Waals surface area contributed by atoms with E-state index in [0.717, 1.165) is 11.1 Å². The molecule has 0 aromatic heterocycles. The van der Waals surface area contributed by atoms with Crippen LogP contribution >= 0.6 is 23.2 Å². The number of alkyl halides is 3. The predicted octanol–water partition coefficient (Wildman–Crippen LogP) is 5.11. The number of nitrogens with one attached hydrogen (secondary N) is 2. The molecule has 7 nitrogen and oxygen atoms in total. The summed E-state index contributed by atoms with van der Waals surface area (Å²) in [4.78, 5) is 14.4. The van der Waals surface area contributed by atoms with Gasteiger partial charge in [0.15, 0.2) is 6.10 Å². The molecule has 0 spiro atoms. The van der Waals surface area contributed by atoms with E-state index in [1.54, 1.807) is 24.3 Å². The summed E-state index contributed by atoms with van der Waals surface area (Å²) >= 11 is 12.1. The molecular formula is C27H26Cl2F3N3O4S. The van der Waals surface area contributed by atoms with Crippen molar-refractivity contribution in [3.05, 3.63) is 99.5 Å². The molecule has 1 fully saturated rings. The molecule has 0 saturated carbocycles. The van der Waals surface area contributed by atoms with Crippen LogP contribution in [0.4, 0.5) is 18.9 Å². The van der Waals surface area contributed by atoms with E-state index in [9.17, 15) is 26.4 Å². The average molecular weight is 616 g/mol. The first-order valence-corrected chi connectivity index (χ1v) is 14.6. The normalized spacial score (nSPS) is 15.5. The molecule has 214 valence electrons. The third-order valence-corrected chi connectivity index (χ3v) is 8.37. The Morgan fingerprint density at radius 3 is 2.05 bits per heavy atom. The molecule has 13 heteroatoms. The monoisotopic (exact) mass is 615 g/mol. The molecule has 1 amide bonds. The second-order valence-corrected chi connectivity index (χ2v) is 12.2. The maximum atomic E-state index is 12.9. The zero-order chi connectivity index (χ0) is 29.1. The molecule has 3 aromatic carbocycles. The number of aliphatic hydroxyl groups is 1. The van der Waals surface area contributed by atoms with Crippen molar-refractivity contribution in [2.24, 2.45) is 5.92 Å². The SMILES string of the molecule is O=C(NCC(O)C(F)(F)F)c1cccc(NS(=O)(=O)CC2CN(C(c3ccc(Cl)cc3)c3ccc(Cl)cc3)C2)c1. The highest BCUT2D eigenvalue weighted by atomic mass is 35.5. The van der Waals surface area contributed by atoms with Crippen LogP contribution in [0.5, 0.6) is 0 Å². The quantitative estimate of drug-likeness (QED) is 0.294. The van der Waals surface area contributed by atoms with Crippen LogP contribution < -0.4 is 10.0 Å². The molecule has 3 aromatic rings. The molecule has 4 rings (SSSR count). The van der Waals surface area contributed by atoms with Gasteiger partial charge in [0.25, 0.3) is 5.91 Å². The van der Waals surface area contributed by atoms with Crippen LogP contribution in [0.25, 0.3) is 0 Å². The van der Waals surface area contributed by atoms with Crippen molar-refractivity contribution in [1.29, 1.82) is 0 Å². The lowest BCUT2D eigenvalue weighted by molar-refractivity contribution is -0.201. The number of sulfonamides is 1. The number of carbonyl (C=O) groups is 1. The van der Waals surface area contributed by atoms with Crippen LogP contribution in [0.3, 0.4) is 0 Å². The zero-order valence-corrected chi connectivity index (χ0v) is 23.2. The summed E-state index contributed by atoms with van der Waals surface area (Å²) < 4.78 is 65.6. The van der Waals surface area contributed by atoms with E-state index in [-0.39, 0.29) is 29.0 Å². The number of carbonyl (C=O) groups excluding carboxylic acids is 1. The van der Waals surface area contributed by atoms with Gasteiger partial charge in [-0.3, -0.25) is 14.4 Å². The minimum absolute atomic E-state index is 0.0573. The first kappa shape index (κ1) is 30.1. The Morgan fingerprint density at radius 1 is 0.975 bits per heavy atom. The van der Waals surface area contributed by atoms with E-state index in [1.165, 1.54) is 24.3 Å². The van der Waals surface area contributed by atoms with Crippen molar-refractivity contribution in [2.45, 2.75) is 18.3 Å². The van der Waals surface area contributed by atoms with Crippen LogP contribution in [-0.4, -0.2) is 62.0 Å². The van der Waals surface area contributed by atoms with E-state index in [1.807, 2.05) is 29.6 Å². The number of hydrogen-bond donors (Lipinski definition) is 3. The highest BCUT2D eigenvalue weighted by molar-refractivity contribution is 7.92. The van der Waals surface area contributed by atoms with Gasteiger partial charge in [-0.15, -0.1) is 0 Å². The molecule has 0 aliphatic carbocycles. The maximum absolute atomic E-state index is 12.9. The van der Waals surface area contributed by atoms with Gasteiger partial charge in [-0.25, -0.2) is 8.42 Å². The van der Waals surface area contributed by atoms with E-state index in [2.05, 4.69) is 9.62 Å². The Balaban J connectivity index is 1.37. The van der Waals surface area contributed by atoms with Gasteiger partial charge in [-0.1, -0.05) is 53.5 Å². The Kier molecular flexibility index (Phi) is 9.31. The number of halogens is 5. The van der Waals surface area contributed by atoms with Crippen LogP contribution in [0, 0.1) is 5.92 Å². The first-order valence-electron chi connectivity index (χ1n) is 12.2. The Morgan fingerprint density at radius 2 is 1.52 bits per heavy atom. The van der Waals surface area contributed by atoms with Crippen LogP contribution in [0.2, 0.25) is 10.0 Å². The van der Waals surface area contributed by atoms with Crippen molar-refractivity contribution < 1.29 is 31.5 Å². The molecule has 1 aliphatic heterocycles. The Bertz CT molecular complexity index is 1390.